The molecule has 1 atom stereocenters. The second kappa shape index (κ2) is 5.26. The smallest absolute Gasteiger partial charge is 0.370 e. The monoisotopic (exact) mass is 239 g/mol. The van der Waals surface area contributed by atoms with Crippen LogP contribution in [0.1, 0.15) is 24.2 Å². The molecule has 1 heterocycles. The number of ether oxygens (including phenoxy) is 1. The quantitative estimate of drug-likeness (QED) is 0.835. The third kappa shape index (κ3) is 3.78. The maximum Gasteiger partial charge on any atom is 0.389 e. The van der Waals surface area contributed by atoms with Gasteiger partial charge in [0.2, 0.25) is 0 Å². The molecular formula is C8H12F3N3O2. The summed E-state index contributed by atoms with van der Waals surface area (Å²) in [5.41, 5.74) is 5.34. The number of nitrogens with two attached hydrogens (primary N) is 1. The second-order valence-corrected chi connectivity index (χ2v) is 3.12. The maximum absolute atomic E-state index is 11.9. The molecule has 0 saturated heterocycles. The molecular weight excluding hydrogens is 227 g/mol. The first kappa shape index (κ1) is 12.9. The Morgan fingerprint density at radius 1 is 1.50 bits per heavy atom. The summed E-state index contributed by atoms with van der Waals surface area (Å²) in [5, 5.41) is 3.41. The van der Waals surface area contributed by atoms with Gasteiger partial charge in [0.05, 0.1) is 6.42 Å². The fourth-order valence-electron chi connectivity index (χ4n) is 1.05. The minimum absolute atomic E-state index is 0.00262. The van der Waals surface area contributed by atoms with Crippen molar-refractivity contribution in [1.29, 1.82) is 0 Å². The van der Waals surface area contributed by atoms with Gasteiger partial charge < -0.3 is 15.0 Å². The number of aryl methyl sites for hydroxylation is 1. The zero-order valence-corrected chi connectivity index (χ0v) is 8.62. The Balaban J connectivity index is 2.58. The number of rotatable bonds is 5. The van der Waals surface area contributed by atoms with Gasteiger partial charge in [-0.05, 0) is 0 Å². The number of hydrogen-bond acceptors (Lipinski definition) is 5. The predicted octanol–water partition coefficient (Wildman–Crippen LogP) is 1.21. The van der Waals surface area contributed by atoms with Crippen LogP contribution in [0.2, 0.25) is 0 Å². The highest BCUT2D eigenvalue weighted by molar-refractivity contribution is 4.91. The topological polar surface area (TPSA) is 74.2 Å². The number of methoxy groups -OCH3 is 1. The van der Waals surface area contributed by atoms with E-state index in [-0.39, 0.29) is 24.7 Å². The van der Waals surface area contributed by atoms with Crippen molar-refractivity contribution in [1.82, 2.24) is 10.1 Å². The van der Waals surface area contributed by atoms with Crippen LogP contribution in [0.25, 0.3) is 0 Å². The molecule has 16 heavy (non-hydrogen) atoms. The zero-order valence-electron chi connectivity index (χ0n) is 8.62. The van der Waals surface area contributed by atoms with Crippen LogP contribution in [0, 0.1) is 0 Å². The second-order valence-electron chi connectivity index (χ2n) is 3.12. The first-order valence-electron chi connectivity index (χ1n) is 4.58. The van der Waals surface area contributed by atoms with Gasteiger partial charge in [0.15, 0.2) is 5.82 Å². The van der Waals surface area contributed by atoms with E-state index >= 15 is 0 Å². The van der Waals surface area contributed by atoms with Gasteiger partial charge in [0, 0.05) is 20.1 Å². The van der Waals surface area contributed by atoms with Crippen molar-refractivity contribution in [3.05, 3.63) is 11.7 Å². The molecule has 2 N–H and O–H groups in total. The predicted molar refractivity (Wildman–Crippen MR) is 47.5 cm³/mol. The minimum Gasteiger partial charge on any atom is -0.370 e. The lowest BCUT2D eigenvalue weighted by Gasteiger charge is -2.05. The molecule has 0 spiro atoms. The van der Waals surface area contributed by atoms with Gasteiger partial charge in [-0.25, -0.2) is 0 Å². The molecule has 1 aromatic rings. The first-order chi connectivity index (χ1) is 7.46. The summed E-state index contributed by atoms with van der Waals surface area (Å²) in [7, 11) is 1.40. The molecule has 1 rings (SSSR count). The Kier molecular flexibility index (Phi) is 4.25. The Hall–Kier alpha value is -1.15. The van der Waals surface area contributed by atoms with Crippen LogP contribution in [0.5, 0.6) is 0 Å². The fraction of sp³-hybridized carbons (Fsp3) is 0.750. The van der Waals surface area contributed by atoms with Gasteiger partial charge in [0.25, 0.3) is 5.89 Å². The number of halogens is 3. The fourth-order valence-corrected chi connectivity index (χ4v) is 1.05. The molecule has 0 saturated carbocycles. The summed E-state index contributed by atoms with van der Waals surface area (Å²) in [6.07, 6.45) is -6.10. The van der Waals surface area contributed by atoms with E-state index < -0.39 is 18.7 Å². The largest absolute Gasteiger partial charge is 0.389 e. The lowest BCUT2D eigenvalue weighted by Crippen LogP contribution is -2.14. The zero-order chi connectivity index (χ0) is 12.2. The molecule has 8 heteroatoms. The Morgan fingerprint density at radius 2 is 2.19 bits per heavy atom. The van der Waals surface area contributed by atoms with Crippen molar-refractivity contribution in [2.75, 3.05) is 13.7 Å². The summed E-state index contributed by atoms with van der Waals surface area (Å²) in [6, 6.07) is 0. The van der Waals surface area contributed by atoms with E-state index in [1.165, 1.54) is 7.11 Å². The van der Waals surface area contributed by atoms with Gasteiger partial charge in [0.1, 0.15) is 6.10 Å². The van der Waals surface area contributed by atoms with Crippen molar-refractivity contribution >= 4 is 0 Å². The van der Waals surface area contributed by atoms with Gasteiger partial charge in [-0.1, -0.05) is 5.16 Å². The van der Waals surface area contributed by atoms with E-state index in [1.807, 2.05) is 0 Å². The average Bonchev–Trinajstić information content (AvgIpc) is 2.65. The summed E-state index contributed by atoms with van der Waals surface area (Å²) in [4.78, 5) is 3.77. The molecule has 92 valence electrons. The van der Waals surface area contributed by atoms with Crippen LogP contribution >= 0.6 is 0 Å². The molecule has 1 unspecified atom stereocenters. The van der Waals surface area contributed by atoms with E-state index in [0.29, 0.717) is 0 Å². The normalized spacial score (nSPS) is 14.1. The van der Waals surface area contributed by atoms with Crippen LogP contribution in [0.4, 0.5) is 13.2 Å². The number of alkyl halides is 3. The van der Waals surface area contributed by atoms with Crippen LogP contribution in [0.3, 0.4) is 0 Å². The van der Waals surface area contributed by atoms with Gasteiger partial charge in [-0.3, -0.25) is 0 Å². The average molecular weight is 239 g/mol. The van der Waals surface area contributed by atoms with Crippen LogP contribution < -0.4 is 5.73 Å². The molecule has 0 aliphatic rings. The SMILES string of the molecule is COC(CN)c1nc(CCC(F)(F)F)no1. The third-order valence-corrected chi connectivity index (χ3v) is 1.89. The van der Waals surface area contributed by atoms with Crippen molar-refractivity contribution in [3.8, 4) is 0 Å². The van der Waals surface area contributed by atoms with Gasteiger partial charge in [-0.15, -0.1) is 0 Å². The summed E-state index contributed by atoms with van der Waals surface area (Å²) in [6.45, 7) is 0.122. The lowest BCUT2D eigenvalue weighted by molar-refractivity contribution is -0.134. The highest BCUT2D eigenvalue weighted by atomic mass is 19.4. The standard InChI is InChI=1S/C8H12F3N3O2/c1-15-5(4-12)7-13-6(14-16-7)2-3-8(9,10)11/h5H,2-4,12H2,1H3. The van der Waals surface area contributed by atoms with E-state index in [1.54, 1.807) is 0 Å². The summed E-state index contributed by atoms with van der Waals surface area (Å²) < 4.78 is 45.4. The van der Waals surface area contributed by atoms with Crippen LogP contribution in [-0.4, -0.2) is 30.0 Å². The maximum atomic E-state index is 11.9. The number of aromatic nitrogens is 2. The summed E-state index contributed by atoms with van der Waals surface area (Å²) in [5.74, 6) is 0.102. The van der Waals surface area contributed by atoms with Crippen molar-refractivity contribution in [2.24, 2.45) is 5.73 Å². The number of nitrogens with zero attached hydrogens (tertiary/aromatic N) is 2. The minimum atomic E-state index is -4.23. The third-order valence-electron chi connectivity index (χ3n) is 1.89. The molecule has 5 nitrogen and oxygen atoms in total. The molecule has 0 bridgehead atoms. The lowest BCUT2D eigenvalue weighted by atomic mass is 10.3. The Labute approximate surface area is 89.8 Å². The van der Waals surface area contributed by atoms with Crippen molar-refractivity contribution < 1.29 is 22.4 Å². The van der Waals surface area contributed by atoms with Crippen molar-refractivity contribution in [3.63, 3.8) is 0 Å². The highest BCUT2D eigenvalue weighted by Crippen LogP contribution is 2.21. The first-order valence-corrected chi connectivity index (χ1v) is 4.58. The van der Waals surface area contributed by atoms with E-state index in [0.717, 1.165) is 0 Å². The van der Waals surface area contributed by atoms with Crippen LogP contribution in [0.15, 0.2) is 4.52 Å². The highest BCUT2D eigenvalue weighted by Gasteiger charge is 2.28. The molecule has 0 radical (unpaired) electrons. The number of hydrogen-bond donors (Lipinski definition) is 1. The molecule has 0 aromatic carbocycles. The Morgan fingerprint density at radius 3 is 2.69 bits per heavy atom. The molecule has 0 aliphatic heterocycles. The molecule has 1 aromatic heterocycles. The molecule has 0 fully saturated rings. The van der Waals surface area contributed by atoms with Gasteiger partial charge >= 0.3 is 6.18 Å². The Bertz CT molecular complexity index is 323. The van der Waals surface area contributed by atoms with E-state index in [2.05, 4.69) is 10.1 Å². The van der Waals surface area contributed by atoms with E-state index in [9.17, 15) is 13.2 Å². The molecule has 0 amide bonds. The molecule has 0 aliphatic carbocycles. The van der Waals surface area contributed by atoms with Crippen molar-refractivity contribution in [2.45, 2.75) is 25.1 Å². The van der Waals surface area contributed by atoms with Gasteiger partial charge in [-0.2, -0.15) is 18.2 Å². The summed E-state index contributed by atoms with van der Waals surface area (Å²) >= 11 is 0. The van der Waals surface area contributed by atoms with Crippen LogP contribution in [-0.2, 0) is 11.2 Å². The van der Waals surface area contributed by atoms with E-state index in [4.69, 9.17) is 15.0 Å².